The maximum absolute atomic E-state index is 11.8. The molecule has 1 fully saturated rings. The third-order valence-corrected chi connectivity index (χ3v) is 2.84. The van der Waals surface area contributed by atoms with E-state index in [4.69, 9.17) is 5.26 Å². The third kappa shape index (κ3) is 3.88. The second-order valence-electron chi connectivity index (χ2n) is 4.02. The van der Waals surface area contributed by atoms with Crippen molar-refractivity contribution in [3.63, 3.8) is 0 Å². The number of nitrogens with zero attached hydrogens (tertiary/aromatic N) is 1. The van der Waals surface area contributed by atoms with Crippen LogP contribution < -0.4 is 10.6 Å². The SMILES string of the molecule is CCC(CC#N)NC(=O)C1CCCNC1. The molecule has 1 saturated heterocycles. The summed E-state index contributed by atoms with van der Waals surface area (Å²) in [5.74, 6) is 0.191. The van der Waals surface area contributed by atoms with Gasteiger partial charge in [-0.15, -0.1) is 0 Å². The molecule has 0 aromatic carbocycles. The highest BCUT2D eigenvalue weighted by Gasteiger charge is 2.22. The summed E-state index contributed by atoms with van der Waals surface area (Å²) in [7, 11) is 0. The zero-order valence-electron chi connectivity index (χ0n) is 9.25. The number of amides is 1. The molecule has 0 aromatic rings. The number of hydrogen-bond acceptors (Lipinski definition) is 3. The Labute approximate surface area is 91.0 Å². The molecule has 84 valence electrons. The Morgan fingerprint density at radius 3 is 3.07 bits per heavy atom. The smallest absolute Gasteiger partial charge is 0.224 e. The average molecular weight is 209 g/mol. The van der Waals surface area contributed by atoms with E-state index in [2.05, 4.69) is 16.7 Å². The Kier molecular flexibility index (Phi) is 5.13. The van der Waals surface area contributed by atoms with Gasteiger partial charge in [0.1, 0.15) is 0 Å². The number of piperidine rings is 1. The fraction of sp³-hybridized carbons (Fsp3) is 0.818. The van der Waals surface area contributed by atoms with Gasteiger partial charge in [0.05, 0.1) is 18.4 Å². The van der Waals surface area contributed by atoms with Crippen molar-refractivity contribution >= 4 is 5.91 Å². The van der Waals surface area contributed by atoms with Crippen LogP contribution in [0.5, 0.6) is 0 Å². The summed E-state index contributed by atoms with van der Waals surface area (Å²) in [6.45, 7) is 3.77. The first kappa shape index (κ1) is 12.0. The maximum atomic E-state index is 11.8. The van der Waals surface area contributed by atoms with E-state index in [1.54, 1.807) is 0 Å². The summed E-state index contributed by atoms with van der Waals surface area (Å²) in [5.41, 5.74) is 0. The van der Waals surface area contributed by atoms with Gasteiger partial charge in [-0.1, -0.05) is 6.92 Å². The van der Waals surface area contributed by atoms with Gasteiger partial charge in [0.15, 0.2) is 0 Å². The number of nitrogens with one attached hydrogen (secondary N) is 2. The van der Waals surface area contributed by atoms with E-state index >= 15 is 0 Å². The van der Waals surface area contributed by atoms with Gasteiger partial charge in [-0.05, 0) is 25.8 Å². The van der Waals surface area contributed by atoms with Gasteiger partial charge >= 0.3 is 0 Å². The van der Waals surface area contributed by atoms with Crippen molar-refractivity contribution in [3.8, 4) is 6.07 Å². The number of rotatable bonds is 4. The molecule has 0 aliphatic carbocycles. The van der Waals surface area contributed by atoms with Crippen LogP contribution in [0.25, 0.3) is 0 Å². The van der Waals surface area contributed by atoms with Crippen molar-refractivity contribution < 1.29 is 4.79 Å². The predicted octanol–water partition coefficient (Wildman–Crippen LogP) is 0.794. The van der Waals surface area contributed by atoms with E-state index < -0.39 is 0 Å². The minimum atomic E-state index is 0.0180. The summed E-state index contributed by atoms with van der Waals surface area (Å²) in [6.07, 6.45) is 3.25. The fourth-order valence-electron chi connectivity index (χ4n) is 1.80. The molecular formula is C11H19N3O. The van der Waals surface area contributed by atoms with Crippen LogP contribution in [0, 0.1) is 17.2 Å². The van der Waals surface area contributed by atoms with Crippen LogP contribution in [-0.4, -0.2) is 25.0 Å². The molecule has 4 nitrogen and oxygen atoms in total. The molecule has 1 rings (SSSR count). The molecule has 2 N–H and O–H groups in total. The van der Waals surface area contributed by atoms with Crippen molar-refractivity contribution in [1.82, 2.24) is 10.6 Å². The molecule has 0 radical (unpaired) electrons. The van der Waals surface area contributed by atoms with Gasteiger partial charge in [-0.25, -0.2) is 0 Å². The lowest BCUT2D eigenvalue weighted by atomic mass is 9.98. The summed E-state index contributed by atoms with van der Waals surface area (Å²) < 4.78 is 0. The lowest BCUT2D eigenvalue weighted by Crippen LogP contribution is -2.44. The highest BCUT2D eigenvalue weighted by Crippen LogP contribution is 2.10. The van der Waals surface area contributed by atoms with Crippen molar-refractivity contribution in [2.24, 2.45) is 5.92 Å². The molecule has 15 heavy (non-hydrogen) atoms. The second kappa shape index (κ2) is 6.41. The fourth-order valence-corrected chi connectivity index (χ4v) is 1.80. The van der Waals surface area contributed by atoms with Gasteiger partial charge < -0.3 is 10.6 Å². The van der Waals surface area contributed by atoms with Crippen LogP contribution in [0.3, 0.4) is 0 Å². The van der Waals surface area contributed by atoms with E-state index in [0.717, 1.165) is 32.4 Å². The van der Waals surface area contributed by atoms with Crippen molar-refractivity contribution in [3.05, 3.63) is 0 Å². The van der Waals surface area contributed by atoms with E-state index in [-0.39, 0.29) is 17.9 Å². The van der Waals surface area contributed by atoms with E-state index in [1.807, 2.05) is 6.92 Å². The highest BCUT2D eigenvalue weighted by molar-refractivity contribution is 5.79. The van der Waals surface area contributed by atoms with Crippen molar-refractivity contribution in [2.75, 3.05) is 13.1 Å². The summed E-state index contributed by atoms with van der Waals surface area (Å²) in [6, 6.07) is 2.11. The summed E-state index contributed by atoms with van der Waals surface area (Å²) in [5, 5.41) is 14.7. The molecule has 0 aromatic heterocycles. The number of carbonyl (C=O) groups excluding carboxylic acids is 1. The molecule has 1 amide bonds. The highest BCUT2D eigenvalue weighted by atomic mass is 16.1. The van der Waals surface area contributed by atoms with Gasteiger partial charge in [0, 0.05) is 12.6 Å². The van der Waals surface area contributed by atoms with Crippen LogP contribution in [-0.2, 0) is 4.79 Å². The third-order valence-electron chi connectivity index (χ3n) is 2.84. The minimum absolute atomic E-state index is 0.0180. The lowest BCUT2D eigenvalue weighted by Gasteiger charge is -2.24. The van der Waals surface area contributed by atoms with Crippen molar-refractivity contribution in [2.45, 2.75) is 38.6 Å². The normalized spacial score (nSPS) is 22.8. The molecule has 0 saturated carbocycles. The van der Waals surface area contributed by atoms with Gasteiger partial charge in [0.2, 0.25) is 5.91 Å². The van der Waals surface area contributed by atoms with E-state index in [9.17, 15) is 4.79 Å². The molecule has 2 unspecified atom stereocenters. The molecule has 4 heteroatoms. The number of nitriles is 1. The first-order valence-electron chi connectivity index (χ1n) is 5.66. The topological polar surface area (TPSA) is 64.9 Å². The van der Waals surface area contributed by atoms with Crippen LogP contribution in [0.15, 0.2) is 0 Å². The molecule has 1 aliphatic rings. The zero-order valence-corrected chi connectivity index (χ0v) is 9.25. The van der Waals surface area contributed by atoms with Gasteiger partial charge in [-0.2, -0.15) is 5.26 Å². The van der Waals surface area contributed by atoms with Gasteiger partial charge in [0.25, 0.3) is 0 Å². The molecule has 1 aliphatic heterocycles. The Hall–Kier alpha value is -1.08. The van der Waals surface area contributed by atoms with Crippen LogP contribution in [0.4, 0.5) is 0 Å². The standard InChI is InChI=1S/C11H19N3O/c1-2-10(5-6-12)14-11(15)9-4-3-7-13-8-9/h9-10,13H,2-5,7-8H2,1H3,(H,14,15). The zero-order chi connectivity index (χ0) is 11.1. The summed E-state index contributed by atoms with van der Waals surface area (Å²) >= 11 is 0. The predicted molar refractivity (Wildman–Crippen MR) is 58.0 cm³/mol. The molecule has 0 spiro atoms. The first-order valence-corrected chi connectivity index (χ1v) is 5.66. The quantitative estimate of drug-likeness (QED) is 0.719. The van der Waals surface area contributed by atoms with E-state index in [1.165, 1.54) is 0 Å². The van der Waals surface area contributed by atoms with Gasteiger partial charge in [-0.3, -0.25) is 4.79 Å². The minimum Gasteiger partial charge on any atom is -0.352 e. The van der Waals surface area contributed by atoms with Crippen molar-refractivity contribution in [1.29, 1.82) is 5.26 Å². The summed E-state index contributed by atoms with van der Waals surface area (Å²) in [4.78, 5) is 11.8. The molecular weight excluding hydrogens is 190 g/mol. The first-order chi connectivity index (χ1) is 7.27. The average Bonchev–Trinajstić information content (AvgIpc) is 2.29. The Bertz CT molecular complexity index is 241. The van der Waals surface area contributed by atoms with Crippen LogP contribution in [0.1, 0.15) is 32.6 Å². The second-order valence-corrected chi connectivity index (χ2v) is 4.02. The molecule has 2 atom stereocenters. The Balaban J connectivity index is 2.35. The Morgan fingerprint density at radius 1 is 1.73 bits per heavy atom. The molecule has 0 bridgehead atoms. The van der Waals surface area contributed by atoms with E-state index in [0.29, 0.717) is 6.42 Å². The maximum Gasteiger partial charge on any atom is 0.224 e. The lowest BCUT2D eigenvalue weighted by molar-refractivity contribution is -0.126. The largest absolute Gasteiger partial charge is 0.352 e. The monoisotopic (exact) mass is 209 g/mol. The number of hydrogen-bond donors (Lipinski definition) is 2. The van der Waals surface area contributed by atoms with Crippen LogP contribution >= 0.6 is 0 Å². The van der Waals surface area contributed by atoms with Crippen LogP contribution in [0.2, 0.25) is 0 Å². The molecule has 1 heterocycles. The number of carbonyl (C=O) groups is 1. The Morgan fingerprint density at radius 2 is 2.53 bits per heavy atom.